The fraction of sp³-hybridized carbons (Fsp3) is 0.562. The average Bonchev–Trinajstić information content (AvgIpc) is 2.39. The summed E-state index contributed by atoms with van der Waals surface area (Å²) < 4.78 is 0. The van der Waals surface area contributed by atoms with Gasteiger partial charge in [0, 0.05) is 17.0 Å². The summed E-state index contributed by atoms with van der Waals surface area (Å²) in [6.07, 6.45) is 0. The normalized spacial score (nSPS) is 14.1. The van der Waals surface area contributed by atoms with E-state index in [0.29, 0.717) is 6.04 Å². The Labute approximate surface area is 126 Å². The standard InChI is InChI=1S/C16H26N2OS/c1-6-17-12(4)14-7-9-15(10-8-14)20-13(5)16(19)18-11(2)3/h7-13,17H,6H2,1-5H3,(H,18,19). The fourth-order valence-electron chi connectivity index (χ4n) is 1.92. The van der Waals surface area contributed by atoms with Crippen molar-refractivity contribution in [1.29, 1.82) is 0 Å². The molecule has 0 radical (unpaired) electrons. The molecule has 0 aromatic heterocycles. The molecule has 0 spiro atoms. The third kappa shape index (κ3) is 5.55. The second-order valence-corrected chi connectivity index (χ2v) is 6.69. The molecule has 0 saturated heterocycles. The molecular weight excluding hydrogens is 268 g/mol. The highest BCUT2D eigenvalue weighted by Crippen LogP contribution is 2.25. The van der Waals surface area contributed by atoms with E-state index in [1.54, 1.807) is 11.8 Å². The van der Waals surface area contributed by atoms with Crippen LogP contribution in [0.5, 0.6) is 0 Å². The van der Waals surface area contributed by atoms with Crippen molar-refractivity contribution in [1.82, 2.24) is 10.6 Å². The van der Waals surface area contributed by atoms with Crippen LogP contribution in [0.2, 0.25) is 0 Å². The van der Waals surface area contributed by atoms with E-state index in [-0.39, 0.29) is 17.2 Å². The van der Waals surface area contributed by atoms with E-state index >= 15 is 0 Å². The molecule has 2 N–H and O–H groups in total. The predicted octanol–water partition coefficient (Wildman–Crippen LogP) is 3.36. The maximum atomic E-state index is 11.9. The number of nitrogens with one attached hydrogen (secondary N) is 2. The van der Waals surface area contributed by atoms with Gasteiger partial charge in [0.25, 0.3) is 0 Å². The smallest absolute Gasteiger partial charge is 0.233 e. The van der Waals surface area contributed by atoms with E-state index in [1.807, 2.05) is 20.8 Å². The number of carbonyl (C=O) groups is 1. The summed E-state index contributed by atoms with van der Waals surface area (Å²) in [4.78, 5) is 13.0. The molecule has 0 fully saturated rings. The summed E-state index contributed by atoms with van der Waals surface area (Å²) in [5.74, 6) is 0.0927. The average molecular weight is 294 g/mol. The van der Waals surface area contributed by atoms with Crippen molar-refractivity contribution in [3.63, 3.8) is 0 Å². The van der Waals surface area contributed by atoms with Crippen LogP contribution in [0.3, 0.4) is 0 Å². The van der Waals surface area contributed by atoms with Crippen LogP contribution in [-0.4, -0.2) is 23.7 Å². The van der Waals surface area contributed by atoms with Gasteiger partial charge >= 0.3 is 0 Å². The zero-order valence-electron chi connectivity index (χ0n) is 13.1. The highest BCUT2D eigenvalue weighted by molar-refractivity contribution is 8.00. The van der Waals surface area contributed by atoms with Crippen LogP contribution in [0.1, 0.15) is 46.2 Å². The van der Waals surface area contributed by atoms with Gasteiger partial charge in [0.15, 0.2) is 0 Å². The number of thioether (sulfide) groups is 1. The van der Waals surface area contributed by atoms with Crippen molar-refractivity contribution in [3.05, 3.63) is 29.8 Å². The van der Waals surface area contributed by atoms with E-state index in [1.165, 1.54) is 5.56 Å². The summed E-state index contributed by atoms with van der Waals surface area (Å²) in [6.45, 7) is 11.1. The summed E-state index contributed by atoms with van der Waals surface area (Å²) in [7, 11) is 0. The topological polar surface area (TPSA) is 41.1 Å². The van der Waals surface area contributed by atoms with Crippen molar-refractivity contribution >= 4 is 17.7 Å². The lowest BCUT2D eigenvalue weighted by Crippen LogP contribution is -2.35. The number of benzene rings is 1. The van der Waals surface area contributed by atoms with Gasteiger partial charge < -0.3 is 10.6 Å². The van der Waals surface area contributed by atoms with Gasteiger partial charge in [-0.2, -0.15) is 0 Å². The van der Waals surface area contributed by atoms with E-state index < -0.39 is 0 Å². The Morgan fingerprint density at radius 3 is 2.25 bits per heavy atom. The third-order valence-corrected chi connectivity index (χ3v) is 4.12. The maximum absolute atomic E-state index is 11.9. The van der Waals surface area contributed by atoms with Crippen molar-refractivity contribution in [2.24, 2.45) is 0 Å². The van der Waals surface area contributed by atoms with E-state index in [9.17, 15) is 4.79 Å². The highest BCUT2D eigenvalue weighted by Gasteiger charge is 2.15. The van der Waals surface area contributed by atoms with Crippen LogP contribution in [0.15, 0.2) is 29.2 Å². The van der Waals surface area contributed by atoms with Gasteiger partial charge in [0.1, 0.15) is 0 Å². The number of rotatable bonds is 7. The first-order valence-electron chi connectivity index (χ1n) is 7.24. The molecule has 20 heavy (non-hydrogen) atoms. The molecular formula is C16H26N2OS. The molecule has 2 atom stereocenters. The monoisotopic (exact) mass is 294 g/mol. The number of carbonyl (C=O) groups excluding carboxylic acids is 1. The molecule has 0 aliphatic carbocycles. The molecule has 0 aliphatic rings. The summed E-state index contributed by atoms with van der Waals surface area (Å²) in [5, 5.41) is 6.26. The van der Waals surface area contributed by atoms with Crippen molar-refractivity contribution in [2.45, 2.75) is 56.8 Å². The minimum atomic E-state index is -0.0746. The van der Waals surface area contributed by atoms with Crippen LogP contribution in [0.25, 0.3) is 0 Å². The lowest BCUT2D eigenvalue weighted by Gasteiger charge is -2.15. The van der Waals surface area contributed by atoms with Gasteiger partial charge in [-0.15, -0.1) is 11.8 Å². The number of amides is 1. The Morgan fingerprint density at radius 1 is 1.15 bits per heavy atom. The molecule has 0 heterocycles. The molecule has 1 aromatic carbocycles. The number of hydrogen-bond donors (Lipinski definition) is 2. The van der Waals surface area contributed by atoms with Crippen molar-refractivity contribution in [2.75, 3.05) is 6.54 Å². The zero-order chi connectivity index (χ0) is 15.1. The van der Waals surface area contributed by atoms with E-state index in [0.717, 1.165) is 11.4 Å². The SMILES string of the molecule is CCNC(C)c1ccc(SC(C)C(=O)NC(C)C)cc1. The Balaban J connectivity index is 2.59. The first-order valence-corrected chi connectivity index (χ1v) is 8.12. The predicted molar refractivity (Wildman–Crippen MR) is 87.1 cm³/mol. The van der Waals surface area contributed by atoms with Crippen molar-refractivity contribution in [3.8, 4) is 0 Å². The first kappa shape index (κ1) is 17.1. The number of hydrogen-bond acceptors (Lipinski definition) is 3. The zero-order valence-corrected chi connectivity index (χ0v) is 13.9. The molecule has 1 aromatic rings. The van der Waals surface area contributed by atoms with Gasteiger partial charge in [-0.05, 0) is 51.9 Å². The fourth-order valence-corrected chi connectivity index (χ4v) is 2.80. The molecule has 0 saturated carbocycles. The lowest BCUT2D eigenvalue weighted by atomic mass is 10.1. The Morgan fingerprint density at radius 2 is 1.75 bits per heavy atom. The van der Waals surface area contributed by atoms with Gasteiger partial charge in [0.2, 0.25) is 5.91 Å². The summed E-state index contributed by atoms with van der Waals surface area (Å²) >= 11 is 1.59. The van der Waals surface area contributed by atoms with Crippen LogP contribution >= 0.6 is 11.8 Å². The molecule has 1 rings (SSSR count). The largest absolute Gasteiger partial charge is 0.353 e. The van der Waals surface area contributed by atoms with Crippen LogP contribution in [0.4, 0.5) is 0 Å². The third-order valence-electron chi connectivity index (χ3n) is 3.00. The second-order valence-electron chi connectivity index (χ2n) is 5.27. The quantitative estimate of drug-likeness (QED) is 0.758. The Hall–Kier alpha value is -1.00. The highest BCUT2D eigenvalue weighted by atomic mass is 32.2. The molecule has 4 heteroatoms. The molecule has 1 amide bonds. The molecule has 3 nitrogen and oxygen atoms in total. The van der Waals surface area contributed by atoms with Crippen LogP contribution in [0, 0.1) is 0 Å². The van der Waals surface area contributed by atoms with Gasteiger partial charge in [0.05, 0.1) is 5.25 Å². The summed E-state index contributed by atoms with van der Waals surface area (Å²) in [6, 6.07) is 8.99. The van der Waals surface area contributed by atoms with Gasteiger partial charge in [-0.1, -0.05) is 19.1 Å². The van der Waals surface area contributed by atoms with E-state index in [4.69, 9.17) is 0 Å². The summed E-state index contributed by atoms with van der Waals surface area (Å²) in [5.41, 5.74) is 1.27. The maximum Gasteiger partial charge on any atom is 0.233 e. The molecule has 112 valence electrons. The van der Waals surface area contributed by atoms with Crippen LogP contribution < -0.4 is 10.6 Å². The first-order chi connectivity index (χ1) is 9.43. The lowest BCUT2D eigenvalue weighted by molar-refractivity contribution is -0.120. The minimum Gasteiger partial charge on any atom is -0.353 e. The molecule has 0 bridgehead atoms. The van der Waals surface area contributed by atoms with Crippen molar-refractivity contribution < 1.29 is 4.79 Å². The van der Waals surface area contributed by atoms with E-state index in [2.05, 4.69) is 48.7 Å². The Bertz CT molecular complexity index is 417. The Kier molecular flexibility index (Phi) is 7.10. The molecule has 0 aliphatic heterocycles. The molecule has 2 unspecified atom stereocenters. The minimum absolute atomic E-state index is 0.0746. The van der Waals surface area contributed by atoms with Crippen LogP contribution in [-0.2, 0) is 4.79 Å². The van der Waals surface area contributed by atoms with Gasteiger partial charge in [-0.3, -0.25) is 4.79 Å². The second kappa shape index (κ2) is 8.32. The van der Waals surface area contributed by atoms with Gasteiger partial charge in [-0.25, -0.2) is 0 Å².